The van der Waals surface area contributed by atoms with Crippen molar-refractivity contribution < 1.29 is 14.6 Å². The predicted molar refractivity (Wildman–Crippen MR) is 63.8 cm³/mol. The molecule has 92 valence electrons. The molecule has 0 spiro atoms. The highest BCUT2D eigenvalue weighted by molar-refractivity contribution is 5.72. The van der Waals surface area contributed by atoms with Crippen molar-refractivity contribution in [2.75, 3.05) is 7.11 Å². The summed E-state index contributed by atoms with van der Waals surface area (Å²) in [5.74, 6) is 5.46. The van der Waals surface area contributed by atoms with E-state index in [2.05, 4.69) is 16.6 Å². The zero-order chi connectivity index (χ0) is 12.2. The van der Waals surface area contributed by atoms with E-state index in [1.54, 1.807) is 0 Å². The second-order valence-electron chi connectivity index (χ2n) is 3.91. The Kier molecular flexibility index (Phi) is 9.84. The fraction of sp³-hybridized carbons (Fsp3) is 0.769. The van der Waals surface area contributed by atoms with Gasteiger partial charge in [0.1, 0.15) is 6.42 Å². The number of carbonyl (C=O) groups excluding carboxylic acids is 1. The number of hydrogen-bond donors (Lipinski definition) is 1. The lowest BCUT2D eigenvalue weighted by molar-refractivity contribution is -0.139. The minimum atomic E-state index is -0.274. The number of aliphatic hydroxyl groups is 1. The Morgan fingerprint density at radius 1 is 1.25 bits per heavy atom. The van der Waals surface area contributed by atoms with E-state index in [9.17, 15) is 4.79 Å². The van der Waals surface area contributed by atoms with E-state index in [-0.39, 0.29) is 18.5 Å². The van der Waals surface area contributed by atoms with E-state index in [4.69, 9.17) is 5.11 Å². The third kappa shape index (κ3) is 11.1. The van der Waals surface area contributed by atoms with Gasteiger partial charge in [0.25, 0.3) is 0 Å². The van der Waals surface area contributed by atoms with Gasteiger partial charge in [-0.2, -0.15) is 0 Å². The lowest BCUT2D eigenvalue weighted by atomic mass is 10.1. The zero-order valence-corrected chi connectivity index (χ0v) is 10.3. The van der Waals surface area contributed by atoms with Gasteiger partial charge in [-0.15, -0.1) is 5.92 Å². The van der Waals surface area contributed by atoms with Crippen molar-refractivity contribution >= 4 is 5.97 Å². The molecule has 1 atom stereocenters. The van der Waals surface area contributed by atoms with Gasteiger partial charge in [0.2, 0.25) is 0 Å². The van der Waals surface area contributed by atoms with E-state index in [0.29, 0.717) is 0 Å². The third-order valence-electron chi connectivity index (χ3n) is 2.26. The second kappa shape index (κ2) is 10.5. The molecule has 0 fully saturated rings. The van der Waals surface area contributed by atoms with Gasteiger partial charge in [-0.1, -0.05) is 25.2 Å². The Balaban J connectivity index is 3.23. The first-order chi connectivity index (χ1) is 7.66. The highest BCUT2D eigenvalue weighted by atomic mass is 16.5. The number of methoxy groups -OCH3 is 1. The van der Waals surface area contributed by atoms with Gasteiger partial charge in [-0.3, -0.25) is 4.79 Å². The maximum Gasteiger partial charge on any atom is 0.317 e. The number of aliphatic hydroxyl groups excluding tert-OH is 1. The van der Waals surface area contributed by atoms with Crippen LogP contribution in [0.5, 0.6) is 0 Å². The van der Waals surface area contributed by atoms with Crippen LogP contribution in [0, 0.1) is 11.8 Å². The quantitative estimate of drug-likeness (QED) is 0.411. The topological polar surface area (TPSA) is 46.5 Å². The first-order valence-electron chi connectivity index (χ1n) is 5.87. The summed E-state index contributed by atoms with van der Waals surface area (Å²) in [5, 5.41) is 9.03. The molecular weight excluding hydrogens is 204 g/mol. The number of hydrogen-bond acceptors (Lipinski definition) is 3. The molecule has 0 aliphatic heterocycles. The molecule has 0 aromatic rings. The fourth-order valence-corrected chi connectivity index (χ4v) is 1.30. The summed E-state index contributed by atoms with van der Waals surface area (Å²) in [6.07, 6.45) is 6.16. The highest BCUT2D eigenvalue weighted by Crippen LogP contribution is 2.06. The van der Waals surface area contributed by atoms with Crippen LogP contribution >= 0.6 is 0 Å². The molecule has 0 aliphatic carbocycles. The lowest BCUT2D eigenvalue weighted by Gasteiger charge is -2.02. The van der Waals surface area contributed by atoms with Crippen molar-refractivity contribution in [2.45, 2.75) is 58.0 Å². The number of carbonyl (C=O) groups is 1. The van der Waals surface area contributed by atoms with E-state index in [1.807, 2.05) is 6.92 Å². The average molecular weight is 226 g/mol. The first kappa shape index (κ1) is 15.0. The van der Waals surface area contributed by atoms with Gasteiger partial charge < -0.3 is 9.84 Å². The molecule has 0 aromatic carbocycles. The van der Waals surface area contributed by atoms with Crippen molar-refractivity contribution in [3.8, 4) is 11.8 Å². The van der Waals surface area contributed by atoms with Gasteiger partial charge in [0, 0.05) is 6.42 Å². The molecule has 0 saturated carbocycles. The zero-order valence-electron chi connectivity index (χ0n) is 10.3. The van der Waals surface area contributed by atoms with Crippen molar-refractivity contribution in [3.63, 3.8) is 0 Å². The average Bonchev–Trinajstić information content (AvgIpc) is 2.26. The monoisotopic (exact) mass is 226 g/mol. The van der Waals surface area contributed by atoms with Crippen LogP contribution in [-0.2, 0) is 9.53 Å². The Morgan fingerprint density at radius 2 is 1.94 bits per heavy atom. The van der Waals surface area contributed by atoms with Crippen LogP contribution in [0.25, 0.3) is 0 Å². The molecule has 0 saturated heterocycles. The maximum atomic E-state index is 10.7. The molecule has 0 bridgehead atoms. The summed E-state index contributed by atoms with van der Waals surface area (Å²) in [7, 11) is 1.37. The Labute approximate surface area is 98.2 Å². The molecule has 0 aromatic heterocycles. The molecule has 16 heavy (non-hydrogen) atoms. The van der Waals surface area contributed by atoms with Crippen LogP contribution in [0.15, 0.2) is 0 Å². The third-order valence-corrected chi connectivity index (χ3v) is 2.26. The van der Waals surface area contributed by atoms with Gasteiger partial charge in [0.05, 0.1) is 13.2 Å². The molecule has 0 heterocycles. The maximum absolute atomic E-state index is 10.7. The number of unbranched alkanes of at least 4 members (excludes halogenated alkanes) is 4. The fourth-order valence-electron chi connectivity index (χ4n) is 1.30. The molecule has 0 aliphatic rings. The molecule has 1 N–H and O–H groups in total. The molecule has 0 radical (unpaired) electrons. The first-order valence-corrected chi connectivity index (χ1v) is 5.87. The number of rotatable bonds is 7. The minimum absolute atomic E-state index is 0.181. The molecule has 0 amide bonds. The molecule has 3 heteroatoms. The Bertz CT molecular complexity index is 235. The van der Waals surface area contributed by atoms with Crippen LogP contribution in [0.2, 0.25) is 0 Å². The SMILES string of the molecule is COC(=O)CC#CCCCCCC[C@@H](C)O. The van der Waals surface area contributed by atoms with Crippen molar-refractivity contribution in [1.82, 2.24) is 0 Å². The highest BCUT2D eigenvalue weighted by Gasteiger charge is 1.95. The minimum Gasteiger partial charge on any atom is -0.468 e. The van der Waals surface area contributed by atoms with E-state index in [1.165, 1.54) is 7.11 Å². The van der Waals surface area contributed by atoms with Gasteiger partial charge in [0.15, 0.2) is 0 Å². The normalized spacial score (nSPS) is 11.4. The molecule has 0 rings (SSSR count). The van der Waals surface area contributed by atoms with Crippen molar-refractivity contribution in [2.24, 2.45) is 0 Å². The van der Waals surface area contributed by atoms with Crippen LogP contribution in [0.3, 0.4) is 0 Å². The summed E-state index contributed by atoms with van der Waals surface area (Å²) in [6, 6.07) is 0. The van der Waals surface area contributed by atoms with E-state index < -0.39 is 0 Å². The molecule has 3 nitrogen and oxygen atoms in total. The second-order valence-corrected chi connectivity index (χ2v) is 3.91. The summed E-state index contributed by atoms with van der Waals surface area (Å²) >= 11 is 0. The van der Waals surface area contributed by atoms with Crippen molar-refractivity contribution in [1.29, 1.82) is 0 Å². The van der Waals surface area contributed by atoms with Crippen LogP contribution in [-0.4, -0.2) is 24.3 Å². The van der Waals surface area contributed by atoms with E-state index in [0.717, 1.165) is 38.5 Å². The Hall–Kier alpha value is -1.01. The van der Waals surface area contributed by atoms with Gasteiger partial charge in [-0.25, -0.2) is 0 Å². The molecule has 0 unspecified atom stereocenters. The summed E-state index contributed by atoms with van der Waals surface area (Å²) < 4.78 is 4.47. The van der Waals surface area contributed by atoms with Crippen LogP contribution in [0.4, 0.5) is 0 Å². The standard InChI is InChI=1S/C13H22O3/c1-12(14)10-8-6-4-3-5-7-9-11-13(15)16-2/h12,14H,3-6,8,10-11H2,1-2H3/t12-/m1/s1. The number of esters is 1. The van der Waals surface area contributed by atoms with E-state index >= 15 is 0 Å². The lowest BCUT2D eigenvalue weighted by Crippen LogP contribution is -1.98. The number of ether oxygens (including phenoxy) is 1. The summed E-state index contributed by atoms with van der Waals surface area (Å²) in [5.41, 5.74) is 0. The summed E-state index contributed by atoms with van der Waals surface area (Å²) in [6.45, 7) is 1.82. The predicted octanol–water partition coefficient (Wildman–Crippen LogP) is 2.27. The van der Waals surface area contributed by atoms with Crippen LogP contribution < -0.4 is 0 Å². The van der Waals surface area contributed by atoms with Gasteiger partial charge in [-0.05, 0) is 19.8 Å². The Morgan fingerprint density at radius 3 is 2.56 bits per heavy atom. The van der Waals surface area contributed by atoms with Crippen molar-refractivity contribution in [3.05, 3.63) is 0 Å². The summed E-state index contributed by atoms with van der Waals surface area (Å²) in [4.78, 5) is 10.7. The largest absolute Gasteiger partial charge is 0.468 e. The van der Waals surface area contributed by atoms with Crippen LogP contribution in [0.1, 0.15) is 51.9 Å². The molecular formula is C13H22O3. The smallest absolute Gasteiger partial charge is 0.317 e. The van der Waals surface area contributed by atoms with Gasteiger partial charge >= 0.3 is 5.97 Å².